The van der Waals surface area contributed by atoms with Crippen molar-refractivity contribution in [2.75, 3.05) is 13.6 Å². The Labute approximate surface area is 86.2 Å². The third-order valence-corrected chi connectivity index (χ3v) is 2.78. The zero-order chi connectivity index (χ0) is 10.9. The van der Waals surface area contributed by atoms with Crippen LogP contribution in [-0.2, 0) is 4.79 Å². The Bertz CT molecular complexity index is 266. The van der Waals surface area contributed by atoms with Gasteiger partial charge in [0.05, 0.1) is 16.9 Å². The van der Waals surface area contributed by atoms with Crippen molar-refractivity contribution in [3.05, 3.63) is 0 Å². The van der Waals surface area contributed by atoms with Gasteiger partial charge in [-0.2, -0.15) is 0 Å². The average Bonchev–Trinajstić information content (AvgIpc) is 2.81. The second-order valence-electron chi connectivity index (χ2n) is 3.52. The Kier molecular flexibility index (Phi) is 3.04. The Hall–Kier alpha value is -0.780. The van der Waals surface area contributed by atoms with Gasteiger partial charge in [-0.3, -0.25) is 4.79 Å². The number of rotatable bonds is 4. The number of alkyl halides is 2. The molecule has 1 saturated carbocycles. The normalized spacial score (nSPS) is 18.0. The van der Waals surface area contributed by atoms with Gasteiger partial charge in [0.25, 0.3) is 6.43 Å². The molecule has 2 N–H and O–H groups in total. The lowest BCUT2D eigenvalue weighted by Crippen LogP contribution is -2.42. The summed E-state index contributed by atoms with van der Waals surface area (Å²) in [5.74, 6) is -0.384. The van der Waals surface area contributed by atoms with E-state index in [0.717, 1.165) is 4.90 Å². The maximum absolute atomic E-state index is 12.0. The van der Waals surface area contributed by atoms with E-state index < -0.39 is 18.4 Å². The number of amides is 1. The van der Waals surface area contributed by atoms with Crippen LogP contribution in [0.2, 0.25) is 0 Å². The van der Waals surface area contributed by atoms with Crippen molar-refractivity contribution in [3.8, 4) is 0 Å². The predicted molar refractivity (Wildman–Crippen MR) is 52.1 cm³/mol. The molecule has 1 fully saturated rings. The first kappa shape index (κ1) is 11.3. The highest BCUT2D eigenvalue weighted by atomic mass is 32.1. The summed E-state index contributed by atoms with van der Waals surface area (Å²) in [6.07, 6.45) is -1.37. The molecule has 0 aromatic rings. The van der Waals surface area contributed by atoms with E-state index in [1.807, 2.05) is 0 Å². The fourth-order valence-corrected chi connectivity index (χ4v) is 1.64. The van der Waals surface area contributed by atoms with Crippen molar-refractivity contribution < 1.29 is 13.6 Å². The highest BCUT2D eigenvalue weighted by Gasteiger charge is 2.54. The van der Waals surface area contributed by atoms with Gasteiger partial charge < -0.3 is 10.6 Å². The molecule has 1 aliphatic rings. The van der Waals surface area contributed by atoms with E-state index in [2.05, 4.69) is 0 Å². The topological polar surface area (TPSA) is 46.3 Å². The van der Waals surface area contributed by atoms with Gasteiger partial charge in [-0.05, 0) is 12.8 Å². The smallest absolute Gasteiger partial charge is 0.255 e. The Morgan fingerprint density at radius 2 is 2.14 bits per heavy atom. The summed E-state index contributed by atoms with van der Waals surface area (Å²) in [7, 11) is 1.34. The minimum atomic E-state index is -2.52. The van der Waals surface area contributed by atoms with Gasteiger partial charge in [0.15, 0.2) is 0 Å². The van der Waals surface area contributed by atoms with Crippen LogP contribution in [0.1, 0.15) is 12.8 Å². The third kappa shape index (κ3) is 2.00. The van der Waals surface area contributed by atoms with Crippen molar-refractivity contribution in [2.45, 2.75) is 19.3 Å². The first-order chi connectivity index (χ1) is 6.40. The second kappa shape index (κ2) is 3.76. The third-order valence-electron chi connectivity index (χ3n) is 2.39. The minimum absolute atomic E-state index is 0.114. The van der Waals surface area contributed by atoms with Gasteiger partial charge in [-0.15, -0.1) is 0 Å². The summed E-state index contributed by atoms with van der Waals surface area (Å²) in [5, 5.41) is 0. The predicted octanol–water partition coefficient (Wildman–Crippen LogP) is 0.776. The number of thiocarbonyl (C=S) groups is 1. The molecule has 14 heavy (non-hydrogen) atoms. The van der Waals surface area contributed by atoms with Gasteiger partial charge >= 0.3 is 0 Å². The van der Waals surface area contributed by atoms with Crippen LogP contribution in [0.25, 0.3) is 0 Å². The summed E-state index contributed by atoms with van der Waals surface area (Å²) in [5.41, 5.74) is 4.58. The van der Waals surface area contributed by atoms with Gasteiger partial charge in [-0.25, -0.2) is 8.78 Å². The number of nitrogens with zero attached hydrogens (tertiary/aromatic N) is 1. The molecule has 0 aliphatic heterocycles. The van der Waals surface area contributed by atoms with Crippen LogP contribution in [0.4, 0.5) is 8.78 Å². The van der Waals surface area contributed by atoms with E-state index in [9.17, 15) is 13.6 Å². The van der Waals surface area contributed by atoms with Crippen LogP contribution in [-0.4, -0.2) is 35.8 Å². The van der Waals surface area contributed by atoms with E-state index in [-0.39, 0.29) is 10.9 Å². The van der Waals surface area contributed by atoms with Crippen LogP contribution in [0.3, 0.4) is 0 Å². The molecular weight excluding hydrogens is 210 g/mol. The molecule has 1 amide bonds. The average molecular weight is 222 g/mol. The quantitative estimate of drug-likeness (QED) is 0.715. The SMILES string of the molecule is CN(CC(F)F)C(=O)C1(C(N)=S)CC1. The molecule has 0 atom stereocenters. The summed E-state index contributed by atoms with van der Waals surface area (Å²) in [4.78, 5) is 12.7. The highest BCUT2D eigenvalue weighted by Crippen LogP contribution is 2.47. The van der Waals surface area contributed by atoms with Crippen LogP contribution in [0, 0.1) is 5.41 Å². The van der Waals surface area contributed by atoms with E-state index in [4.69, 9.17) is 18.0 Å². The number of carbonyl (C=O) groups excluding carboxylic acids is 1. The van der Waals surface area contributed by atoms with Gasteiger partial charge in [-0.1, -0.05) is 12.2 Å². The van der Waals surface area contributed by atoms with Gasteiger partial charge in [0.2, 0.25) is 5.91 Å². The minimum Gasteiger partial charge on any atom is -0.392 e. The maximum Gasteiger partial charge on any atom is 0.255 e. The highest BCUT2D eigenvalue weighted by molar-refractivity contribution is 7.80. The first-order valence-corrected chi connectivity index (χ1v) is 4.64. The van der Waals surface area contributed by atoms with E-state index in [1.54, 1.807) is 0 Å². The molecule has 3 nitrogen and oxygen atoms in total. The molecule has 0 radical (unpaired) electrons. The van der Waals surface area contributed by atoms with Gasteiger partial charge in [0.1, 0.15) is 0 Å². The van der Waals surface area contributed by atoms with Crippen molar-refractivity contribution in [1.82, 2.24) is 4.90 Å². The summed E-state index contributed by atoms with van der Waals surface area (Å²) < 4.78 is 24.0. The summed E-state index contributed by atoms with van der Waals surface area (Å²) >= 11 is 4.75. The molecule has 0 spiro atoms. The van der Waals surface area contributed by atoms with Crippen LogP contribution in [0.15, 0.2) is 0 Å². The van der Waals surface area contributed by atoms with Crippen LogP contribution in [0.5, 0.6) is 0 Å². The molecule has 0 bridgehead atoms. The largest absolute Gasteiger partial charge is 0.392 e. The van der Waals surface area contributed by atoms with E-state index in [0.29, 0.717) is 12.8 Å². The molecular formula is C8H12F2N2OS. The van der Waals surface area contributed by atoms with Crippen molar-refractivity contribution in [1.29, 1.82) is 0 Å². The van der Waals surface area contributed by atoms with E-state index >= 15 is 0 Å². The molecule has 0 heterocycles. The Morgan fingerprint density at radius 1 is 1.64 bits per heavy atom. The molecule has 0 saturated heterocycles. The van der Waals surface area contributed by atoms with Crippen LogP contribution >= 0.6 is 12.2 Å². The van der Waals surface area contributed by atoms with Crippen molar-refractivity contribution in [2.24, 2.45) is 11.1 Å². The molecule has 1 aliphatic carbocycles. The standard InChI is InChI=1S/C8H12F2N2OS/c1-12(4-5(9)10)7(13)8(2-3-8)6(11)14/h5H,2-4H2,1H3,(H2,11,14). The lowest BCUT2D eigenvalue weighted by atomic mass is 10.1. The molecule has 0 unspecified atom stereocenters. The van der Waals surface area contributed by atoms with Crippen molar-refractivity contribution >= 4 is 23.1 Å². The fraction of sp³-hybridized carbons (Fsp3) is 0.750. The van der Waals surface area contributed by atoms with E-state index in [1.165, 1.54) is 7.05 Å². The Balaban J connectivity index is 2.61. The number of carbonyl (C=O) groups is 1. The number of nitrogens with two attached hydrogens (primary N) is 1. The Morgan fingerprint density at radius 3 is 2.43 bits per heavy atom. The molecule has 6 heteroatoms. The summed E-state index contributed by atoms with van der Waals surface area (Å²) in [6, 6.07) is 0. The lowest BCUT2D eigenvalue weighted by Gasteiger charge is -2.22. The van der Waals surface area contributed by atoms with Crippen molar-refractivity contribution in [3.63, 3.8) is 0 Å². The fourth-order valence-electron chi connectivity index (χ4n) is 1.35. The second-order valence-corrected chi connectivity index (χ2v) is 3.96. The number of halogens is 2. The zero-order valence-electron chi connectivity index (χ0n) is 7.80. The van der Waals surface area contributed by atoms with Crippen LogP contribution < -0.4 is 5.73 Å². The molecule has 0 aromatic carbocycles. The maximum atomic E-state index is 12.0. The molecule has 80 valence electrons. The first-order valence-electron chi connectivity index (χ1n) is 4.24. The number of hydrogen-bond donors (Lipinski definition) is 1. The monoisotopic (exact) mass is 222 g/mol. The number of hydrogen-bond acceptors (Lipinski definition) is 2. The molecule has 1 rings (SSSR count). The lowest BCUT2D eigenvalue weighted by molar-refractivity contribution is -0.134. The summed E-state index contributed by atoms with van der Waals surface area (Å²) in [6.45, 7) is -0.566. The van der Waals surface area contributed by atoms with Gasteiger partial charge in [0, 0.05) is 7.05 Å². The zero-order valence-corrected chi connectivity index (χ0v) is 8.61. The molecule has 0 aromatic heterocycles.